The van der Waals surface area contributed by atoms with E-state index in [-0.39, 0.29) is 0 Å². The molecule has 0 amide bonds. The molecule has 1 nitrogen and oxygen atoms in total. The predicted octanol–water partition coefficient (Wildman–Crippen LogP) is 1.63. The van der Waals surface area contributed by atoms with Gasteiger partial charge in [0.25, 0.3) is 0 Å². The zero-order chi connectivity index (χ0) is 6.81. The van der Waals surface area contributed by atoms with E-state index in [1.165, 1.54) is 25.8 Å². The molecule has 0 unspecified atom stereocenters. The molecule has 1 N–H and O–H groups in total. The van der Waals surface area contributed by atoms with Crippen molar-refractivity contribution in [2.75, 3.05) is 13.1 Å². The van der Waals surface area contributed by atoms with Gasteiger partial charge in [-0.25, -0.2) is 0 Å². The van der Waals surface area contributed by atoms with Gasteiger partial charge in [0, 0.05) is 6.54 Å². The van der Waals surface area contributed by atoms with Crippen LogP contribution in [0.4, 0.5) is 0 Å². The van der Waals surface area contributed by atoms with Crippen LogP contribution in [0.2, 0.25) is 0 Å². The van der Waals surface area contributed by atoms with E-state index in [1.54, 1.807) is 11.1 Å². The Morgan fingerprint density at radius 1 is 1.10 bits per heavy atom. The van der Waals surface area contributed by atoms with Gasteiger partial charge in [0.2, 0.25) is 0 Å². The zero-order valence-electron chi connectivity index (χ0n) is 6.19. The van der Waals surface area contributed by atoms with Crippen molar-refractivity contribution in [3.05, 3.63) is 23.3 Å². The summed E-state index contributed by atoms with van der Waals surface area (Å²) in [4.78, 5) is 0. The van der Waals surface area contributed by atoms with Gasteiger partial charge in [-0.05, 0) is 25.8 Å². The summed E-state index contributed by atoms with van der Waals surface area (Å²) in [5.41, 5.74) is 3.34. The average Bonchev–Trinajstić information content (AvgIpc) is 2.05. The maximum absolute atomic E-state index is 3.39. The van der Waals surface area contributed by atoms with E-state index >= 15 is 0 Å². The lowest BCUT2D eigenvalue weighted by atomic mass is 9.92. The van der Waals surface area contributed by atoms with E-state index in [9.17, 15) is 0 Å². The second kappa shape index (κ2) is 2.59. The fourth-order valence-corrected chi connectivity index (χ4v) is 1.69. The molecule has 0 spiro atoms. The van der Waals surface area contributed by atoms with Crippen molar-refractivity contribution in [1.29, 1.82) is 0 Å². The Morgan fingerprint density at radius 3 is 2.70 bits per heavy atom. The molecule has 0 atom stereocenters. The predicted molar refractivity (Wildman–Crippen MR) is 42.9 cm³/mol. The third-order valence-corrected chi connectivity index (χ3v) is 2.34. The molecule has 54 valence electrons. The molecule has 2 rings (SSSR count). The summed E-state index contributed by atoms with van der Waals surface area (Å²) >= 11 is 0. The summed E-state index contributed by atoms with van der Waals surface area (Å²) in [7, 11) is 0. The molecule has 0 aromatic carbocycles. The number of rotatable bonds is 0. The maximum atomic E-state index is 3.39. The molecule has 0 aromatic heterocycles. The highest BCUT2D eigenvalue weighted by Crippen LogP contribution is 2.23. The second-order valence-corrected chi connectivity index (χ2v) is 3.01. The molecule has 1 heterocycles. The van der Waals surface area contributed by atoms with Crippen LogP contribution in [0, 0.1) is 0 Å². The summed E-state index contributed by atoms with van der Waals surface area (Å²) < 4.78 is 0. The van der Waals surface area contributed by atoms with E-state index < -0.39 is 0 Å². The van der Waals surface area contributed by atoms with Gasteiger partial charge >= 0.3 is 0 Å². The summed E-state index contributed by atoms with van der Waals surface area (Å²) in [6.45, 7) is 2.33. The monoisotopic (exact) mass is 135 g/mol. The topological polar surface area (TPSA) is 12.0 Å². The van der Waals surface area contributed by atoms with Gasteiger partial charge in [-0.15, -0.1) is 0 Å². The molecule has 0 saturated heterocycles. The number of nitrogens with one attached hydrogen (secondary N) is 1. The van der Waals surface area contributed by atoms with Crippen molar-refractivity contribution in [3.63, 3.8) is 0 Å². The lowest BCUT2D eigenvalue weighted by molar-refractivity contribution is 0.652. The maximum Gasteiger partial charge on any atom is 0.0170 e. The summed E-state index contributed by atoms with van der Waals surface area (Å²) in [5.74, 6) is 0. The van der Waals surface area contributed by atoms with Crippen LogP contribution in [0.15, 0.2) is 23.3 Å². The van der Waals surface area contributed by atoms with Gasteiger partial charge in [-0.3, -0.25) is 0 Å². The Hall–Kier alpha value is -0.560. The van der Waals surface area contributed by atoms with Crippen molar-refractivity contribution in [3.8, 4) is 0 Å². The summed E-state index contributed by atoms with van der Waals surface area (Å²) in [5, 5.41) is 3.39. The van der Waals surface area contributed by atoms with Crippen molar-refractivity contribution < 1.29 is 0 Å². The molecular weight excluding hydrogens is 122 g/mol. The third kappa shape index (κ3) is 1.01. The lowest BCUT2D eigenvalue weighted by Crippen LogP contribution is -2.25. The highest BCUT2D eigenvalue weighted by Gasteiger charge is 2.11. The van der Waals surface area contributed by atoms with Crippen molar-refractivity contribution >= 4 is 0 Å². The van der Waals surface area contributed by atoms with Crippen LogP contribution in [0.5, 0.6) is 0 Å². The standard InChI is InChI=1S/C9H13N/c1-2-4-9-7-10-6-5-8(9)3-1/h1-2,10H,3-7H2. The first kappa shape index (κ1) is 6.17. The van der Waals surface area contributed by atoms with Gasteiger partial charge in [-0.1, -0.05) is 23.3 Å². The molecule has 10 heavy (non-hydrogen) atoms. The van der Waals surface area contributed by atoms with Gasteiger partial charge in [0.1, 0.15) is 0 Å². The second-order valence-electron chi connectivity index (χ2n) is 3.01. The molecule has 0 saturated carbocycles. The zero-order valence-corrected chi connectivity index (χ0v) is 6.19. The van der Waals surface area contributed by atoms with Gasteiger partial charge in [0.05, 0.1) is 0 Å². The fourth-order valence-electron chi connectivity index (χ4n) is 1.69. The Kier molecular flexibility index (Phi) is 1.60. The van der Waals surface area contributed by atoms with Gasteiger partial charge in [-0.2, -0.15) is 0 Å². The molecule has 1 aliphatic heterocycles. The molecule has 1 aliphatic carbocycles. The van der Waals surface area contributed by atoms with E-state index in [0.29, 0.717) is 0 Å². The van der Waals surface area contributed by atoms with E-state index in [1.807, 2.05) is 0 Å². The third-order valence-electron chi connectivity index (χ3n) is 2.34. The lowest BCUT2D eigenvalue weighted by Gasteiger charge is -2.22. The first-order valence-electron chi connectivity index (χ1n) is 4.02. The minimum absolute atomic E-state index is 1.14. The molecule has 2 aliphatic rings. The number of allylic oxidation sites excluding steroid dienone is 2. The van der Waals surface area contributed by atoms with Gasteiger partial charge < -0.3 is 5.32 Å². The van der Waals surface area contributed by atoms with Crippen molar-refractivity contribution in [2.45, 2.75) is 19.3 Å². The van der Waals surface area contributed by atoms with Crippen LogP contribution in [0.1, 0.15) is 19.3 Å². The SMILES string of the molecule is C1=CCC2=C(C1)CCNC2. The van der Waals surface area contributed by atoms with Crippen LogP contribution >= 0.6 is 0 Å². The largest absolute Gasteiger partial charge is 0.313 e. The minimum Gasteiger partial charge on any atom is -0.313 e. The minimum atomic E-state index is 1.14. The average molecular weight is 135 g/mol. The fraction of sp³-hybridized carbons (Fsp3) is 0.556. The van der Waals surface area contributed by atoms with Crippen LogP contribution in [-0.4, -0.2) is 13.1 Å². The van der Waals surface area contributed by atoms with Crippen LogP contribution in [0.25, 0.3) is 0 Å². The highest BCUT2D eigenvalue weighted by molar-refractivity contribution is 5.27. The van der Waals surface area contributed by atoms with E-state index in [0.717, 1.165) is 6.54 Å². The van der Waals surface area contributed by atoms with Crippen molar-refractivity contribution in [1.82, 2.24) is 5.32 Å². The van der Waals surface area contributed by atoms with E-state index in [2.05, 4.69) is 17.5 Å². The first-order valence-corrected chi connectivity index (χ1v) is 4.02. The molecule has 0 aromatic rings. The van der Waals surface area contributed by atoms with Crippen LogP contribution in [0.3, 0.4) is 0 Å². The van der Waals surface area contributed by atoms with Gasteiger partial charge in [0.15, 0.2) is 0 Å². The number of hydrogen-bond acceptors (Lipinski definition) is 1. The molecule has 0 bridgehead atoms. The quantitative estimate of drug-likeness (QED) is 0.498. The van der Waals surface area contributed by atoms with Crippen molar-refractivity contribution in [2.24, 2.45) is 0 Å². The molecule has 0 radical (unpaired) electrons. The first-order chi connectivity index (χ1) is 4.97. The summed E-state index contributed by atoms with van der Waals surface area (Å²) in [6, 6.07) is 0. The Balaban J connectivity index is 2.17. The van der Waals surface area contributed by atoms with E-state index in [4.69, 9.17) is 0 Å². The van der Waals surface area contributed by atoms with Crippen LogP contribution < -0.4 is 5.32 Å². The Bertz CT molecular complexity index is 169. The highest BCUT2D eigenvalue weighted by atomic mass is 14.9. The Labute approximate surface area is 61.8 Å². The molecule has 1 heteroatoms. The molecular formula is C9H13N. The number of hydrogen-bond donors (Lipinski definition) is 1. The Morgan fingerprint density at radius 2 is 1.90 bits per heavy atom. The normalized spacial score (nSPS) is 24.8. The smallest absolute Gasteiger partial charge is 0.0170 e. The summed E-state index contributed by atoms with van der Waals surface area (Å²) in [6.07, 6.45) is 8.27. The molecule has 0 fully saturated rings. The van der Waals surface area contributed by atoms with Crippen LogP contribution in [-0.2, 0) is 0 Å².